The van der Waals surface area contributed by atoms with E-state index < -0.39 is 11.8 Å². The zero-order valence-corrected chi connectivity index (χ0v) is 13.9. The molecule has 1 aromatic rings. The van der Waals surface area contributed by atoms with Gasteiger partial charge in [-0.15, -0.1) is 6.58 Å². The summed E-state index contributed by atoms with van der Waals surface area (Å²) >= 11 is 5.00. The van der Waals surface area contributed by atoms with E-state index in [2.05, 4.69) is 11.9 Å². The highest BCUT2D eigenvalue weighted by atomic mass is 32.1. The Kier molecular flexibility index (Phi) is 5.28. The quantitative estimate of drug-likeness (QED) is 0.389. The SMILES string of the molecule is C=CCN1C(=O)/C(=C/c2ccc(OC(C)C)cc2)C(=O)NC1=S. The summed E-state index contributed by atoms with van der Waals surface area (Å²) in [6.07, 6.45) is 3.17. The van der Waals surface area contributed by atoms with E-state index in [1.54, 1.807) is 30.3 Å². The molecule has 2 amide bonds. The maximum Gasteiger partial charge on any atom is 0.265 e. The lowest BCUT2D eigenvalue weighted by Crippen LogP contribution is -2.53. The second-order valence-corrected chi connectivity index (χ2v) is 5.64. The first-order valence-corrected chi connectivity index (χ1v) is 7.59. The second-order valence-electron chi connectivity index (χ2n) is 5.26. The van der Waals surface area contributed by atoms with Gasteiger partial charge in [-0.2, -0.15) is 0 Å². The fourth-order valence-corrected chi connectivity index (χ4v) is 2.32. The van der Waals surface area contributed by atoms with Gasteiger partial charge in [0, 0.05) is 6.54 Å². The first kappa shape index (κ1) is 16.9. The van der Waals surface area contributed by atoms with Gasteiger partial charge in [-0.3, -0.25) is 19.8 Å². The number of hydrogen-bond acceptors (Lipinski definition) is 4. The summed E-state index contributed by atoms with van der Waals surface area (Å²) < 4.78 is 5.56. The normalized spacial score (nSPS) is 16.7. The van der Waals surface area contributed by atoms with E-state index in [0.717, 1.165) is 11.3 Å². The van der Waals surface area contributed by atoms with Gasteiger partial charge in [0.25, 0.3) is 11.8 Å². The van der Waals surface area contributed by atoms with Crippen molar-refractivity contribution in [3.8, 4) is 5.75 Å². The third-order valence-corrected chi connectivity index (χ3v) is 3.38. The number of hydrogen-bond donors (Lipinski definition) is 1. The van der Waals surface area contributed by atoms with Crippen LogP contribution in [0.2, 0.25) is 0 Å². The molecular formula is C17H18N2O3S. The Hall–Kier alpha value is -2.47. The Morgan fingerprint density at radius 1 is 1.30 bits per heavy atom. The Balaban J connectivity index is 2.26. The van der Waals surface area contributed by atoms with Gasteiger partial charge in [0.05, 0.1) is 6.10 Å². The minimum Gasteiger partial charge on any atom is -0.491 e. The van der Waals surface area contributed by atoms with Gasteiger partial charge in [-0.1, -0.05) is 18.2 Å². The summed E-state index contributed by atoms with van der Waals surface area (Å²) in [6, 6.07) is 7.17. The minimum absolute atomic E-state index is 0.0398. The molecule has 1 aliphatic rings. The van der Waals surface area contributed by atoms with Gasteiger partial charge in [0.2, 0.25) is 0 Å². The number of ether oxygens (including phenoxy) is 1. The Bertz CT molecular complexity index is 678. The van der Waals surface area contributed by atoms with Crippen molar-refractivity contribution < 1.29 is 14.3 Å². The monoisotopic (exact) mass is 330 g/mol. The van der Waals surface area contributed by atoms with Crippen LogP contribution in [-0.2, 0) is 9.59 Å². The van der Waals surface area contributed by atoms with Gasteiger partial charge in [0.15, 0.2) is 5.11 Å². The molecule has 1 aliphatic heterocycles. The molecule has 1 aromatic carbocycles. The highest BCUT2D eigenvalue weighted by Gasteiger charge is 2.32. The van der Waals surface area contributed by atoms with Crippen molar-refractivity contribution in [2.75, 3.05) is 6.54 Å². The lowest BCUT2D eigenvalue weighted by Gasteiger charge is -2.27. The van der Waals surface area contributed by atoms with Crippen molar-refractivity contribution in [1.29, 1.82) is 0 Å². The Morgan fingerprint density at radius 3 is 2.52 bits per heavy atom. The van der Waals surface area contributed by atoms with Gasteiger partial charge < -0.3 is 4.74 Å². The molecule has 0 bridgehead atoms. The van der Waals surface area contributed by atoms with E-state index in [9.17, 15) is 9.59 Å². The third kappa shape index (κ3) is 4.04. The molecule has 5 nitrogen and oxygen atoms in total. The molecule has 0 atom stereocenters. The summed E-state index contributed by atoms with van der Waals surface area (Å²) in [5.41, 5.74) is 0.768. The summed E-state index contributed by atoms with van der Waals surface area (Å²) in [4.78, 5) is 25.7. The van der Waals surface area contributed by atoms with Crippen LogP contribution < -0.4 is 10.1 Å². The molecule has 6 heteroatoms. The van der Waals surface area contributed by atoms with Crippen LogP contribution >= 0.6 is 12.2 Å². The fraction of sp³-hybridized carbons (Fsp3) is 0.235. The first-order chi connectivity index (χ1) is 10.9. The number of thiocarbonyl (C=S) groups is 1. The average Bonchev–Trinajstić information content (AvgIpc) is 2.49. The summed E-state index contributed by atoms with van der Waals surface area (Å²) in [7, 11) is 0. The van der Waals surface area contributed by atoms with Crippen molar-refractivity contribution in [2.24, 2.45) is 0 Å². The van der Waals surface area contributed by atoms with E-state index in [1.807, 2.05) is 13.8 Å². The molecule has 0 spiro atoms. The van der Waals surface area contributed by atoms with E-state index in [-0.39, 0.29) is 23.3 Å². The average molecular weight is 330 g/mol. The first-order valence-electron chi connectivity index (χ1n) is 7.19. The van der Waals surface area contributed by atoms with Crippen LogP contribution in [0.3, 0.4) is 0 Å². The van der Waals surface area contributed by atoms with E-state index in [4.69, 9.17) is 17.0 Å². The smallest absolute Gasteiger partial charge is 0.265 e. The standard InChI is InChI=1S/C17H18N2O3S/c1-4-9-19-16(21)14(15(20)18-17(19)23)10-12-5-7-13(8-6-12)22-11(2)3/h4-8,10-11H,1,9H2,2-3H3,(H,18,20,23)/b14-10+. The van der Waals surface area contributed by atoms with Crippen molar-refractivity contribution in [3.63, 3.8) is 0 Å². The highest BCUT2D eigenvalue weighted by molar-refractivity contribution is 7.80. The largest absolute Gasteiger partial charge is 0.491 e. The van der Waals surface area contributed by atoms with Crippen LogP contribution in [-0.4, -0.2) is 34.5 Å². The molecule has 0 radical (unpaired) electrons. The third-order valence-electron chi connectivity index (χ3n) is 3.06. The van der Waals surface area contributed by atoms with Crippen LogP contribution in [0.4, 0.5) is 0 Å². The summed E-state index contributed by atoms with van der Waals surface area (Å²) in [5.74, 6) is -0.194. The van der Waals surface area contributed by atoms with Crippen LogP contribution in [0.25, 0.3) is 6.08 Å². The van der Waals surface area contributed by atoms with Gasteiger partial charge in [-0.05, 0) is 49.8 Å². The zero-order valence-electron chi connectivity index (χ0n) is 13.0. The van der Waals surface area contributed by atoms with Crippen molar-refractivity contribution >= 4 is 35.2 Å². The number of carbonyl (C=O) groups excluding carboxylic acids is 2. The predicted octanol–water partition coefficient (Wildman–Crippen LogP) is 2.29. The molecule has 120 valence electrons. The molecule has 1 heterocycles. The van der Waals surface area contributed by atoms with Crippen molar-refractivity contribution in [1.82, 2.24) is 10.2 Å². The second kappa shape index (κ2) is 7.19. The number of nitrogens with zero attached hydrogens (tertiary/aromatic N) is 1. The minimum atomic E-state index is -0.497. The summed E-state index contributed by atoms with van der Waals surface area (Å²) in [5, 5.41) is 2.60. The molecule has 0 aliphatic carbocycles. The molecule has 23 heavy (non-hydrogen) atoms. The van der Waals surface area contributed by atoms with Crippen LogP contribution in [0.1, 0.15) is 19.4 Å². The molecule has 0 saturated carbocycles. The van der Waals surface area contributed by atoms with Gasteiger partial charge in [0.1, 0.15) is 11.3 Å². The Labute approximate surface area is 140 Å². The lowest BCUT2D eigenvalue weighted by molar-refractivity contribution is -0.128. The molecule has 0 unspecified atom stereocenters. The number of rotatable bonds is 5. The Morgan fingerprint density at radius 2 is 1.96 bits per heavy atom. The lowest BCUT2D eigenvalue weighted by atomic mass is 10.1. The fourth-order valence-electron chi connectivity index (χ4n) is 2.07. The van der Waals surface area contributed by atoms with Crippen LogP contribution in [0.5, 0.6) is 5.75 Å². The molecule has 2 rings (SSSR count). The van der Waals surface area contributed by atoms with Crippen molar-refractivity contribution in [2.45, 2.75) is 20.0 Å². The molecular weight excluding hydrogens is 312 g/mol. The molecule has 1 N–H and O–H groups in total. The molecule has 1 saturated heterocycles. The number of amides is 2. The van der Waals surface area contributed by atoms with Crippen molar-refractivity contribution in [3.05, 3.63) is 48.1 Å². The van der Waals surface area contributed by atoms with Crippen LogP contribution in [0.15, 0.2) is 42.5 Å². The number of benzene rings is 1. The number of nitrogens with one attached hydrogen (secondary N) is 1. The summed E-state index contributed by atoms with van der Waals surface area (Å²) in [6.45, 7) is 7.72. The highest BCUT2D eigenvalue weighted by Crippen LogP contribution is 2.18. The van der Waals surface area contributed by atoms with Gasteiger partial charge in [-0.25, -0.2) is 0 Å². The molecule has 0 aromatic heterocycles. The predicted molar refractivity (Wildman–Crippen MR) is 92.8 cm³/mol. The van der Waals surface area contributed by atoms with E-state index in [0.29, 0.717) is 0 Å². The maximum atomic E-state index is 12.4. The maximum absolute atomic E-state index is 12.4. The van der Waals surface area contributed by atoms with E-state index in [1.165, 1.54) is 11.0 Å². The van der Waals surface area contributed by atoms with E-state index >= 15 is 0 Å². The topological polar surface area (TPSA) is 58.6 Å². The van der Waals surface area contributed by atoms with Crippen LogP contribution in [0, 0.1) is 0 Å². The van der Waals surface area contributed by atoms with Gasteiger partial charge >= 0.3 is 0 Å². The number of carbonyl (C=O) groups is 2. The molecule has 1 fully saturated rings. The zero-order chi connectivity index (χ0) is 17.0.